The van der Waals surface area contributed by atoms with Crippen molar-refractivity contribution in [1.82, 2.24) is 10.2 Å². The Morgan fingerprint density at radius 3 is 2.91 bits per heavy atom. The van der Waals surface area contributed by atoms with Gasteiger partial charge in [-0.3, -0.25) is 19.5 Å². The smallest absolute Gasteiger partial charge is 0.256 e. The molecule has 170 valence electrons. The predicted molar refractivity (Wildman–Crippen MR) is 119 cm³/mol. The summed E-state index contributed by atoms with van der Waals surface area (Å²) >= 11 is 0. The molecule has 8 nitrogen and oxygen atoms in total. The van der Waals surface area contributed by atoms with Crippen LogP contribution in [0.3, 0.4) is 0 Å². The van der Waals surface area contributed by atoms with Gasteiger partial charge >= 0.3 is 0 Å². The number of amides is 2. The minimum Gasteiger partial charge on any atom is -0.390 e. The first kappa shape index (κ1) is 22.3. The molecule has 3 aliphatic heterocycles. The van der Waals surface area contributed by atoms with Crippen molar-refractivity contribution in [3.63, 3.8) is 0 Å². The summed E-state index contributed by atoms with van der Waals surface area (Å²) in [6, 6.07) is 4.12. The number of hydrogen-bond acceptors (Lipinski definition) is 6. The van der Waals surface area contributed by atoms with Gasteiger partial charge in [0.1, 0.15) is 5.82 Å². The number of aliphatic imine (C=N–C) groups is 1. The van der Waals surface area contributed by atoms with Gasteiger partial charge in [-0.2, -0.15) is 0 Å². The molecule has 1 fully saturated rings. The number of carbonyl (C=O) groups excluding carboxylic acids is 2. The molecular formula is C23H27FN4O4. The zero-order valence-corrected chi connectivity index (χ0v) is 18.2. The van der Waals surface area contributed by atoms with Crippen molar-refractivity contribution in [3.05, 3.63) is 46.9 Å². The van der Waals surface area contributed by atoms with E-state index >= 15 is 0 Å². The van der Waals surface area contributed by atoms with Crippen LogP contribution in [0.25, 0.3) is 5.57 Å². The number of aliphatic hydroxyl groups excluding tert-OH is 1. The third-order valence-corrected chi connectivity index (χ3v) is 5.94. The van der Waals surface area contributed by atoms with Gasteiger partial charge in [-0.15, -0.1) is 0 Å². The highest BCUT2D eigenvalue weighted by atomic mass is 19.1. The van der Waals surface area contributed by atoms with E-state index in [0.717, 1.165) is 13.1 Å². The minimum absolute atomic E-state index is 0.138. The average Bonchev–Trinajstić information content (AvgIpc) is 3.22. The molecule has 32 heavy (non-hydrogen) atoms. The Morgan fingerprint density at radius 1 is 1.41 bits per heavy atom. The van der Waals surface area contributed by atoms with Gasteiger partial charge in [-0.25, -0.2) is 4.39 Å². The molecule has 4 rings (SSSR count). The molecule has 0 spiro atoms. The summed E-state index contributed by atoms with van der Waals surface area (Å²) in [5.41, 5.74) is 3.15. The van der Waals surface area contributed by atoms with Crippen molar-refractivity contribution in [2.24, 2.45) is 10.9 Å². The van der Waals surface area contributed by atoms with Gasteiger partial charge in [0, 0.05) is 43.1 Å². The second-order valence-electron chi connectivity index (χ2n) is 8.27. The van der Waals surface area contributed by atoms with Crippen LogP contribution >= 0.6 is 0 Å². The van der Waals surface area contributed by atoms with E-state index in [1.54, 1.807) is 19.9 Å². The number of aliphatic hydroxyl groups is 1. The number of hydrogen-bond donors (Lipinski definition) is 3. The molecule has 2 atom stereocenters. The third-order valence-electron chi connectivity index (χ3n) is 5.94. The summed E-state index contributed by atoms with van der Waals surface area (Å²) in [5.74, 6) is -1.59. The Morgan fingerprint density at radius 2 is 2.16 bits per heavy atom. The van der Waals surface area contributed by atoms with Gasteiger partial charge in [-0.1, -0.05) is 0 Å². The molecule has 1 aromatic carbocycles. The number of allylic oxidation sites excluding steroid dienone is 1. The van der Waals surface area contributed by atoms with Gasteiger partial charge in [0.2, 0.25) is 5.91 Å². The molecule has 3 heterocycles. The van der Waals surface area contributed by atoms with Crippen molar-refractivity contribution >= 4 is 28.8 Å². The fourth-order valence-corrected chi connectivity index (χ4v) is 4.24. The van der Waals surface area contributed by atoms with Crippen LogP contribution in [0.2, 0.25) is 0 Å². The molecule has 0 radical (unpaired) electrons. The second-order valence-corrected chi connectivity index (χ2v) is 8.27. The number of anilines is 1. The van der Waals surface area contributed by atoms with E-state index in [1.807, 2.05) is 0 Å². The number of fused-ring (bicyclic) bond motifs is 1. The van der Waals surface area contributed by atoms with Crippen LogP contribution in [0.4, 0.5) is 10.1 Å². The largest absolute Gasteiger partial charge is 0.390 e. The minimum atomic E-state index is -0.685. The predicted octanol–water partition coefficient (Wildman–Crippen LogP) is 1.34. The molecular weight excluding hydrogens is 415 g/mol. The van der Waals surface area contributed by atoms with Crippen LogP contribution in [-0.2, 0) is 14.3 Å². The second kappa shape index (κ2) is 9.32. The van der Waals surface area contributed by atoms with E-state index in [1.165, 1.54) is 18.2 Å². The molecule has 9 heteroatoms. The van der Waals surface area contributed by atoms with Gasteiger partial charge in [-0.05, 0) is 43.7 Å². The molecule has 0 saturated carbocycles. The van der Waals surface area contributed by atoms with E-state index < -0.39 is 17.8 Å². The Balaban J connectivity index is 1.44. The molecule has 0 bridgehead atoms. The number of ether oxygens (including phenoxy) is 1. The average molecular weight is 442 g/mol. The molecule has 1 saturated heterocycles. The Kier molecular flexibility index (Phi) is 6.50. The lowest BCUT2D eigenvalue weighted by Crippen LogP contribution is -2.45. The molecule has 2 amide bonds. The van der Waals surface area contributed by atoms with Crippen LogP contribution in [-0.4, -0.2) is 73.0 Å². The maximum atomic E-state index is 13.7. The first-order valence-electron chi connectivity index (χ1n) is 10.7. The van der Waals surface area contributed by atoms with Crippen LogP contribution < -0.4 is 10.6 Å². The lowest BCUT2D eigenvalue weighted by molar-refractivity contribution is -0.122. The van der Waals surface area contributed by atoms with Crippen LogP contribution in [0.1, 0.15) is 19.4 Å². The van der Waals surface area contributed by atoms with Gasteiger partial charge in [0.05, 0.1) is 36.5 Å². The van der Waals surface area contributed by atoms with Crippen molar-refractivity contribution in [2.45, 2.75) is 20.0 Å². The summed E-state index contributed by atoms with van der Waals surface area (Å²) in [4.78, 5) is 31.8. The van der Waals surface area contributed by atoms with Gasteiger partial charge in [0.15, 0.2) is 0 Å². The normalized spacial score (nSPS) is 23.2. The lowest BCUT2D eigenvalue weighted by Gasteiger charge is -2.28. The Bertz CT molecular complexity index is 1030. The fraction of sp³-hybridized carbons (Fsp3) is 0.435. The van der Waals surface area contributed by atoms with E-state index in [-0.39, 0.29) is 18.4 Å². The SMILES string of the molecule is CC1=NC(/C=C2\C(=O)Nc3ccc(F)cc32)=C(C)C1C(=O)NC[C@H](O)CN1CCOCC1. The highest BCUT2D eigenvalue weighted by molar-refractivity contribution is 6.32. The molecule has 1 aromatic rings. The summed E-state index contributed by atoms with van der Waals surface area (Å²) < 4.78 is 19.0. The fourth-order valence-electron chi connectivity index (χ4n) is 4.24. The van der Waals surface area contributed by atoms with Crippen LogP contribution in [0, 0.1) is 11.7 Å². The molecule has 0 aromatic heterocycles. The summed E-state index contributed by atoms with van der Waals surface area (Å²) in [6.07, 6.45) is 0.912. The number of carbonyl (C=O) groups is 2. The van der Waals surface area contributed by atoms with E-state index in [0.29, 0.717) is 53.6 Å². The van der Waals surface area contributed by atoms with Crippen molar-refractivity contribution < 1.29 is 23.8 Å². The van der Waals surface area contributed by atoms with Crippen molar-refractivity contribution in [3.8, 4) is 0 Å². The summed E-state index contributed by atoms with van der Waals surface area (Å²) in [7, 11) is 0. The summed E-state index contributed by atoms with van der Waals surface area (Å²) in [6.45, 7) is 6.98. The third kappa shape index (κ3) is 4.64. The van der Waals surface area contributed by atoms with Gasteiger partial charge in [0.25, 0.3) is 5.91 Å². The molecule has 1 unspecified atom stereocenters. The number of β-amino-alcohol motifs (C(OH)–C–C–N with tert-alkyl or cyclic N) is 1. The van der Waals surface area contributed by atoms with E-state index in [4.69, 9.17) is 4.74 Å². The zero-order valence-electron chi connectivity index (χ0n) is 18.2. The quantitative estimate of drug-likeness (QED) is 0.577. The number of nitrogens with one attached hydrogen (secondary N) is 2. The first-order valence-corrected chi connectivity index (χ1v) is 10.7. The number of nitrogens with zero attached hydrogens (tertiary/aromatic N) is 2. The van der Waals surface area contributed by atoms with Crippen molar-refractivity contribution in [1.29, 1.82) is 0 Å². The topological polar surface area (TPSA) is 103 Å². The Hall–Kier alpha value is -2.88. The van der Waals surface area contributed by atoms with Crippen LogP contribution in [0.15, 0.2) is 40.5 Å². The molecule has 0 aliphatic carbocycles. The number of halogens is 1. The monoisotopic (exact) mass is 442 g/mol. The van der Waals surface area contributed by atoms with E-state index in [9.17, 15) is 19.1 Å². The van der Waals surface area contributed by atoms with Gasteiger partial charge < -0.3 is 20.5 Å². The maximum Gasteiger partial charge on any atom is 0.256 e. The van der Waals surface area contributed by atoms with E-state index in [2.05, 4.69) is 20.5 Å². The Labute approximate surface area is 185 Å². The molecule has 3 N–H and O–H groups in total. The van der Waals surface area contributed by atoms with Crippen LogP contribution in [0.5, 0.6) is 0 Å². The lowest BCUT2D eigenvalue weighted by atomic mass is 9.95. The number of benzene rings is 1. The first-order chi connectivity index (χ1) is 15.3. The van der Waals surface area contributed by atoms with Crippen molar-refractivity contribution in [2.75, 3.05) is 44.7 Å². The number of morpholine rings is 1. The standard InChI is InChI=1S/C23H27FN4O4/c1-13-20(10-18-17-9-15(24)3-4-19(17)27-22(18)30)26-14(2)21(13)23(31)25-11-16(29)12-28-5-7-32-8-6-28/h3-4,9-10,16,21,29H,5-8,11-12H2,1-2H3,(H,25,31)(H,27,30)/b18-10-/t16-,21?/m0/s1. The summed E-state index contributed by atoms with van der Waals surface area (Å²) in [5, 5.41) is 15.8. The highest BCUT2D eigenvalue weighted by Crippen LogP contribution is 2.35. The zero-order chi connectivity index (χ0) is 22.8. The maximum absolute atomic E-state index is 13.7. The molecule has 3 aliphatic rings. The highest BCUT2D eigenvalue weighted by Gasteiger charge is 2.32. The number of rotatable bonds is 6.